The second-order valence-corrected chi connectivity index (χ2v) is 5.93. The molecule has 0 spiro atoms. The lowest BCUT2D eigenvalue weighted by molar-refractivity contribution is -0.115. The summed E-state index contributed by atoms with van der Waals surface area (Å²) in [6.07, 6.45) is 0.138. The number of nitrogens with zero attached hydrogens (tertiary/aromatic N) is 1. The quantitative estimate of drug-likeness (QED) is 0.677. The predicted molar refractivity (Wildman–Crippen MR) is 103 cm³/mol. The molecule has 0 aliphatic rings. The van der Waals surface area contributed by atoms with E-state index in [0.717, 1.165) is 17.1 Å². The van der Waals surface area contributed by atoms with Crippen molar-refractivity contribution in [2.24, 2.45) is 0 Å². The van der Waals surface area contributed by atoms with Crippen LogP contribution in [0.2, 0.25) is 0 Å². The van der Waals surface area contributed by atoms with Crippen LogP contribution in [0.15, 0.2) is 52.9 Å². The van der Waals surface area contributed by atoms with Crippen LogP contribution in [0.4, 0.5) is 5.69 Å². The molecule has 0 unspecified atom stereocenters. The number of aryl methyl sites for hydroxylation is 1. The molecule has 0 saturated carbocycles. The molecule has 3 aromatic rings. The smallest absolute Gasteiger partial charge is 0.230 e. The molecule has 0 bridgehead atoms. The van der Waals surface area contributed by atoms with Crippen molar-refractivity contribution >= 4 is 11.6 Å². The fourth-order valence-corrected chi connectivity index (χ4v) is 2.61. The first kappa shape index (κ1) is 18.5. The van der Waals surface area contributed by atoms with Gasteiger partial charge in [-0.15, -0.1) is 0 Å². The first-order chi connectivity index (χ1) is 13.1. The molecule has 1 aromatic heterocycles. The van der Waals surface area contributed by atoms with Crippen molar-refractivity contribution in [1.82, 2.24) is 4.98 Å². The third-order valence-electron chi connectivity index (χ3n) is 4.01. The SMILES string of the molecule is CCOc1ccc(NC(=O)Cc2nc(-c3ccc(OC)cc3)oc2C)cc1. The first-order valence-corrected chi connectivity index (χ1v) is 8.72. The zero-order chi connectivity index (χ0) is 19.2. The van der Waals surface area contributed by atoms with Crippen LogP contribution in [-0.2, 0) is 11.2 Å². The highest BCUT2D eigenvalue weighted by Gasteiger charge is 2.15. The van der Waals surface area contributed by atoms with Gasteiger partial charge in [0.05, 0.1) is 25.8 Å². The van der Waals surface area contributed by atoms with E-state index in [2.05, 4.69) is 10.3 Å². The van der Waals surface area contributed by atoms with Gasteiger partial charge in [-0.2, -0.15) is 0 Å². The van der Waals surface area contributed by atoms with Crippen molar-refractivity contribution in [2.75, 3.05) is 19.0 Å². The lowest BCUT2D eigenvalue weighted by Gasteiger charge is -2.06. The number of hydrogen-bond donors (Lipinski definition) is 1. The Morgan fingerprint density at radius 3 is 2.37 bits per heavy atom. The average Bonchev–Trinajstić information content (AvgIpc) is 3.04. The van der Waals surface area contributed by atoms with E-state index in [4.69, 9.17) is 13.9 Å². The topological polar surface area (TPSA) is 73.6 Å². The van der Waals surface area contributed by atoms with E-state index in [1.165, 1.54) is 0 Å². The molecule has 0 radical (unpaired) electrons. The van der Waals surface area contributed by atoms with Gasteiger partial charge in [-0.05, 0) is 62.4 Å². The number of carbonyl (C=O) groups is 1. The minimum absolute atomic E-state index is 0.138. The average molecular weight is 366 g/mol. The molecule has 27 heavy (non-hydrogen) atoms. The second-order valence-electron chi connectivity index (χ2n) is 5.93. The lowest BCUT2D eigenvalue weighted by Crippen LogP contribution is -2.15. The van der Waals surface area contributed by atoms with Gasteiger partial charge >= 0.3 is 0 Å². The van der Waals surface area contributed by atoms with Crippen molar-refractivity contribution in [3.63, 3.8) is 0 Å². The third kappa shape index (κ3) is 4.67. The zero-order valence-corrected chi connectivity index (χ0v) is 15.6. The molecule has 3 rings (SSSR count). The Morgan fingerprint density at radius 2 is 1.74 bits per heavy atom. The maximum absolute atomic E-state index is 12.3. The number of aromatic nitrogens is 1. The molecule has 2 aromatic carbocycles. The Bertz CT molecular complexity index is 899. The molecule has 0 fully saturated rings. The fraction of sp³-hybridized carbons (Fsp3) is 0.238. The number of nitrogens with one attached hydrogen (secondary N) is 1. The van der Waals surface area contributed by atoms with E-state index < -0.39 is 0 Å². The summed E-state index contributed by atoms with van der Waals surface area (Å²) in [7, 11) is 1.62. The number of methoxy groups -OCH3 is 1. The minimum Gasteiger partial charge on any atom is -0.497 e. The number of anilines is 1. The van der Waals surface area contributed by atoms with Crippen LogP contribution < -0.4 is 14.8 Å². The molecule has 1 N–H and O–H groups in total. The van der Waals surface area contributed by atoms with Crippen molar-refractivity contribution in [1.29, 1.82) is 0 Å². The van der Waals surface area contributed by atoms with E-state index in [9.17, 15) is 4.79 Å². The highest BCUT2D eigenvalue weighted by atomic mass is 16.5. The first-order valence-electron chi connectivity index (χ1n) is 8.72. The summed E-state index contributed by atoms with van der Waals surface area (Å²) in [5, 5.41) is 2.86. The number of rotatable bonds is 7. The van der Waals surface area contributed by atoms with Crippen molar-refractivity contribution in [2.45, 2.75) is 20.3 Å². The molecule has 1 amide bonds. The number of benzene rings is 2. The molecule has 0 atom stereocenters. The molecule has 0 saturated heterocycles. The van der Waals surface area contributed by atoms with Crippen LogP contribution in [0.25, 0.3) is 11.5 Å². The van der Waals surface area contributed by atoms with Gasteiger partial charge < -0.3 is 19.2 Å². The molecular formula is C21H22N2O4. The van der Waals surface area contributed by atoms with E-state index in [1.54, 1.807) is 26.2 Å². The van der Waals surface area contributed by atoms with Crippen LogP contribution in [0.5, 0.6) is 11.5 Å². The molecule has 0 aliphatic heterocycles. The number of ether oxygens (including phenoxy) is 2. The Hall–Kier alpha value is -3.28. The highest BCUT2D eigenvalue weighted by Crippen LogP contribution is 2.24. The summed E-state index contributed by atoms with van der Waals surface area (Å²) in [5.74, 6) is 2.49. The summed E-state index contributed by atoms with van der Waals surface area (Å²) in [6, 6.07) is 14.7. The summed E-state index contributed by atoms with van der Waals surface area (Å²) < 4.78 is 16.3. The molecule has 0 aliphatic carbocycles. The van der Waals surface area contributed by atoms with Gasteiger partial charge in [0, 0.05) is 11.3 Å². The molecule has 1 heterocycles. The number of hydrogen-bond acceptors (Lipinski definition) is 5. The van der Waals surface area contributed by atoms with Gasteiger partial charge in [0.1, 0.15) is 17.3 Å². The van der Waals surface area contributed by atoms with E-state index in [-0.39, 0.29) is 12.3 Å². The summed E-state index contributed by atoms with van der Waals surface area (Å²) in [5.41, 5.74) is 2.15. The standard InChI is InChI=1S/C21H22N2O4/c1-4-26-18-11-7-16(8-12-18)22-20(24)13-19-14(2)27-21(23-19)15-5-9-17(25-3)10-6-15/h5-12H,4,13H2,1-3H3,(H,22,24). The normalized spacial score (nSPS) is 10.5. The highest BCUT2D eigenvalue weighted by molar-refractivity contribution is 5.92. The van der Waals surface area contributed by atoms with Crippen LogP contribution in [-0.4, -0.2) is 24.6 Å². The van der Waals surface area contributed by atoms with Gasteiger partial charge in [-0.3, -0.25) is 4.79 Å². The monoisotopic (exact) mass is 366 g/mol. The van der Waals surface area contributed by atoms with Gasteiger partial charge in [-0.25, -0.2) is 4.98 Å². The third-order valence-corrected chi connectivity index (χ3v) is 4.01. The summed E-state index contributed by atoms with van der Waals surface area (Å²) in [4.78, 5) is 16.8. The van der Waals surface area contributed by atoms with Gasteiger partial charge in [0.2, 0.25) is 11.8 Å². The largest absolute Gasteiger partial charge is 0.497 e. The molecular weight excluding hydrogens is 344 g/mol. The van der Waals surface area contributed by atoms with Crippen molar-refractivity contribution in [3.8, 4) is 23.0 Å². The van der Waals surface area contributed by atoms with Crippen LogP contribution >= 0.6 is 0 Å². The van der Waals surface area contributed by atoms with E-state index in [1.807, 2.05) is 43.3 Å². The van der Waals surface area contributed by atoms with E-state index in [0.29, 0.717) is 29.6 Å². The molecule has 140 valence electrons. The maximum Gasteiger partial charge on any atom is 0.230 e. The Morgan fingerprint density at radius 1 is 1.07 bits per heavy atom. The fourth-order valence-electron chi connectivity index (χ4n) is 2.61. The maximum atomic E-state index is 12.3. The number of amides is 1. The Kier molecular flexibility index (Phi) is 5.76. The number of oxazole rings is 1. The minimum atomic E-state index is -0.156. The van der Waals surface area contributed by atoms with Crippen LogP contribution in [0.3, 0.4) is 0 Å². The Labute approximate surface area is 158 Å². The lowest BCUT2D eigenvalue weighted by atomic mass is 10.2. The summed E-state index contributed by atoms with van der Waals surface area (Å²) >= 11 is 0. The van der Waals surface area contributed by atoms with Gasteiger partial charge in [-0.1, -0.05) is 0 Å². The van der Waals surface area contributed by atoms with Crippen LogP contribution in [0.1, 0.15) is 18.4 Å². The zero-order valence-electron chi connectivity index (χ0n) is 15.6. The van der Waals surface area contributed by atoms with Gasteiger partial charge in [0.25, 0.3) is 0 Å². The number of carbonyl (C=O) groups excluding carboxylic acids is 1. The predicted octanol–water partition coefficient (Wildman–Crippen LogP) is 4.24. The van der Waals surface area contributed by atoms with E-state index >= 15 is 0 Å². The van der Waals surface area contributed by atoms with Crippen molar-refractivity contribution < 1.29 is 18.7 Å². The summed E-state index contributed by atoms with van der Waals surface area (Å²) in [6.45, 7) is 4.34. The van der Waals surface area contributed by atoms with Crippen molar-refractivity contribution in [3.05, 3.63) is 60.0 Å². The van der Waals surface area contributed by atoms with Gasteiger partial charge in [0.15, 0.2) is 0 Å². The molecule has 6 heteroatoms. The second kappa shape index (κ2) is 8.40. The Balaban J connectivity index is 1.66. The van der Waals surface area contributed by atoms with Crippen LogP contribution in [0, 0.1) is 6.92 Å². The molecule has 6 nitrogen and oxygen atoms in total.